The lowest BCUT2D eigenvalue weighted by Gasteiger charge is -2.45. The summed E-state index contributed by atoms with van der Waals surface area (Å²) in [4.78, 5) is 4.72. The number of aliphatic hydroxyl groups excluding tert-OH is 1. The lowest BCUT2D eigenvalue weighted by molar-refractivity contribution is 0.121. The van der Waals surface area contributed by atoms with Gasteiger partial charge in [0.2, 0.25) is 0 Å². The predicted octanol–water partition coefficient (Wildman–Crippen LogP) is 2.31. The summed E-state index contributed by atoms with van der Waals surface area (Å²) in [5.41, 5.74) is 2.73. The van der Waals surface area contributed by atoms with E-state index < -0.39 is 0 Å². The van der Waals surface area contributed by atoms with Crippen LogP contribution < -0.4 is 4.90 Å². The Kier molecular flexibility index (Phi) is 4.48. The maximum Gasteiger partial charge on any atom is 0.0604 e. The highest BCUT2D eigenvalue weighted by Gasteiger charge is 2.30. The van der Waals surface area contributed by atoms with E-state index in [1.807, 2.05) is 0 Å². The van der Waals surface area contributed by atoms with Crippen molar-refractivity contribution in [3.8, 4) is 0 Å². The van der Waals surface area contributed by atoms with E-state index in [4.69, 9.17) is 0 Å². The number of likely N-dealkylation sites (N-methyl/N-ethyl adjacent to an activating group) is 1. The number of para-hydroxylation sites is 1. The van der Waals surface area contributed by atoms with Crippen LogP contribution in [0.15, 0.2) is 24.3 Å². The Labute approximate surface area is 116 Å². The highest BCUT2D eigenvalue weighted by atomic mass is 16.3. The van der Waals surface area contributed by atoms with Gasteiger partial charge in [-0.25, -0.2) is 0 Å². The fourth-order valence-corrected chi connectivity index (χ4v) is 2.98. The Hall–Kier alpha value is -1.06. The van der Waals surface area contributed by atoms with E-state index in [0.717, 1.165) is 13.1 Å². The van der Waals surface area contributed by atoms with Crippen LogP contribution in [0.1, 0.15) is 32.3 Å². The first-order chi connectivity index (χ1) is 9.04. The lowest BCUT2D eigenvalue weighted by atomic mass is 9.98. The molecule has 1 fully saturated rings. The SMILES string of the molecule is CC(C)c1ccccc1N1CC(CO)N(C)CC1C. The number of rotatable bonds is 3. The number of nitrogens with zero attached hydrogens (tertiary/aromatic N) is 2. The molecule has 3 nitrogen and oxygen atoms in total. The molecule has 0 aromatic heterocycles. The molecule has 2 unspecified atom stereocenters. The van der Waals surface area contributed by atoms with E-state index in [2.05, 4.69) is 61.9 Å². The molecule has 0 aliphatic carbocycles. The zero-order valence-corrected chi connectivity index (χ0v) is 12.5. The number of aliphatic hydroxyl groups is 1. The molecule has 2 rings (SSSR count). The molecule has 1 aliphatic heterocycles. The molecule has 3 heteroatoms. The third-order valence-corrected chi connectivity index (χ3v) is 4.19. The maximum absolute atomic E-state index is 9.52. The van der Waals surface area contributed by atoms with Gasteiger partial charge >= 0.3 is 0 Å². The highest BCUT2D eigenvalue weighted by Crippen LogP contribution is 2.30. The van der Waals surface area contributed by atoms with Crippen molar-refractivity contribution in [2.75, 3.05) is 31.6 Å². The summed E-state index contributed by atoms with van der Waals surface area (Å²) in [5.74, 6) is 0.524. The topological polar surface area (TPSA) is 26.7 Å². The highest BCUT2D eigenvalue weighted by molar-refractivity contribution is 5.56. The summed E-state index contributed by atoms with van der Waals surface area (Å²) in [5, 5.41) is 9.52. The largest absolute Gasteiger partial charge is 0.395 e. The minimum absolute atomic E-state index is 0.226. The number of benzene rings is 1. The number of anilines is 1. The molecule has 106 valence electrons. The van der Waals surface area contributed by atoms with E-state index in [1.54, 1.807) is 0 Å². The molecule has 1 aliphatic rings. The summed E-state index contributed by atoms with van der Waals surface area (Å²) < 4.78 is 0. The van der Waals surface area contributed by atoms with Gasteiger partial charge < -0.3 is 10.0 Å². The first kappa shape index (κ1) is 14.4. The smallest absolute Gasteiger partial charge is 0.0604 e. The molecule has 1 N–H and O–H groups in total. The Balaban J connectivity index is 2.30. The molecule has 1 saturated heterocycles. The van der Waals surface area contributed by atoms with Crippen LogP contribution >= 0.6 is 0 Å². The monoisotopic (exact) mass is 262 g/mol. The fraction of sp³-hybridized carbons (Fsp3) is 0.625. The second kappa shape index (κ2) is 5.93. The maximum atomic E-state index is 9.52. The minimum Gasteiger partial charge on any atom is -0.395 e. The van der Waals surface area contributed by atoms with Gasteiger partial charge in [-0.1, -0.05) is 32.0 Å². The van der Waals surface area contributed by atoms with Crippen molar-refractivity contribution < 1.29 is 5.11 Å². The normalized spacial score (nSPS) is 25.1. The van der Waals surface area contributed by atoms with Crippen LogP contribution in [-0.4, -0.2) is 48.8 Å². The summed E-state index contributed by atoms with van der Waals surface area (Å²) in [7, 11) is 2.10. The van der Waals surface area contributed by atoms with E-state index >= 15 is 0 Å². The quantitative estimate of drug-likeness (QED) is 0.905. The third kappa shape index (κ3) is 2.93. The average molecular weight is 262 g/mol. The van der Waals surface area contributed by atoms with Crippen molar-refractivity contribution >= 4 is 5.69 Å². The second-order valence-corrected chi connectivity index (χ2v) is 5.99. The Morgan fingerprint density at radius 2 is 1.95 bits per heavy atom. The summed E-state index contributed by atoms with van der Waals surface area (Å²) in [6, 6.07) is 9.37. The van der Waals surface area contributed by atoms with Gasteiger partial charge in [0.05, 0.1) is 12.6 Å². The van der Waals surface area contributed by atoms with Crippen LogP contribution in [0.3, 0.4) is 0 Å². The molecule has 0 saturated carbocycles. The van der Waals surface area contributed by atoms with Crippen molar-refractivity contribution in [2.45, 2.75) is 38.8 Å². The Morgan fingerprint density at radius 3 is 2.58 bits per heavy atom. The zero-order chi connectivity index (χ0) is 14.0. The van der Waals surface area contributed by atoms with Gasteiger partial charge in [-0.3, -0.25) is 4.90 Å². The van der Waals surface area contributed by atoms with Crippen molar-refractivity contribution in [1.29, 1.82) is 0 Å². The number of hydrogen-bond donors (Lipinski definition) is 1. The molecule has 0 amide bonds. The Morgan fingerprint density at radius 1 is 1.26 bits per heavy atom. The van der Waals surface area contributed by atoms with Gasteiger partial charge in [0.15, 0.2) is 0 Å². The molecule has 1 aromatic carbocycles. The third-order valence-electron chi connectivity index (χ3n) is 4.19. The lowest BCUT2D eigenvalue weighted by Crippen LogP contribution is -2.57. The van der Waals surface area contributed by atoms with Gasteiger partial charge in [0.25, 0.3) is 0 Å². The van der Waals surface area contributed by atoms with Crippen molar-refractivity contribution in [2.24, 2.45) is 0 Å². The van der Waals surface area contributed by atoms with Crippen molar-refractivity contribution in [3.05, 3.63) is 29.8 Å². The Bertz CT molecular complexity index is 419. The minimum atomic E-state index is 0.226. The van der Waals surface area contributed by atoms with Crippen LogP contribution in [0.4, 0.5) is 5.69 Å². The van der Waals surface area contributed by atoms with Crippen LogP contribution in [0.2, 0.25) is 0 Å². The summed E-state index contributed by atoms with van der Waals surface area (Å²) in [6.45, 7) is 8.87. The van der Waals surface area contributed by atoms with E-state index in [1.165, 1.54) is 11.3 Å². The molecular formula is C16H26N2O. The van der Waals surface area contributed by atoms with Crippen LogP contribution in [0, 0.1) is 0 Å². The summed E-state index contributed by atoms with van der Waals surface area (Å²) >= 11 is 0. The molecule has 19 heavy (non-hydrogen) atoms. The molecule has 0 spiro atoms. The van der Waals surface area contributed by atoms with E-state index in [9.17, 15) is 5.11 Å². The van der Waals surface area contributed by atoms with E-state index in [-0.39, 0.29) is 12.6 Å². The zero-order valence-electron chi connectivity index (χ0n) is 12.5. The van der Waals surface area contributed by atoms with Gasteiger partial charge in [-0.15, -0.1) is 0 Å². The second-order valence-electron chi connectivity index (χ2n) is 5.99. The number of hydrogen-bond acceptors (Lipinski definition) is 3. The van der Waals surface area contributed by atoms with Gasteiger partial charge in [-0.05, 0) is 31.5 Å². The first-order valence-corrected chi connectivity index (χ1v) is 7.21. The molecule has 1 heterocycles. The predicted molar refractivity (Wildman–Crippen MR) is 80.8 cm³/mol. The average Bonchev–Trinajstić information content (AvgIpc) is 2.39. The molecule has 0 radical (unpaired) electrons. The van der Waals surface area contributed by atoms with Gasteiger partial charge in [0.1, 0.15) is 0 Å². The van der Waals surface area contributed by atoms with Gasteiger partial charge in [-0.2, -0.15) is 0 Å². The molecular weight excluding hydrogens is 236 g/mol. The first-order valence-electron chi connectivity index (χ1n) is 7.21. The van der Waals surface area contributed by atoms with Crippen molar-refractivity contribution in [3.63, 3.8) is 0 Å². The van der Waals surface area contributed by atoms with Crippen LogP contribution in [-0.2, 0) is 0 Å². The van der Waals surface area contributed by atoms with Crippen LogP contribution in [0.25, 0.3) is 0 Å². The molecule has 2 atom stereocenters. The fourth-order valence-electron chi connectivity index (χ4n) is 2.98. The van der Waals surface area contributed by atoms with Crippen molar-refractivity contribution in [1.82, 2.24) is 4.90 Å². The standard InChI is InChI=1S/C16H26N2O/c1-12(2)15-7-5-6-8-16(15)18-10-14(11-19)17(4)9-13(18)3/h5-8,12-14,19H,9-11H2,1-4H3. The van der Waals surface area contributed by atoms with Gasteiger partial charge in [0, 0.05) is 24.8 Å². The molecule has 0 bridgehead atoms. The van der Waals surface area contributed by atoms with Crippen LogP contribution in [0.5, 0.6) is 0 Å². The van der Waals surface area contributed by atoms with E-state index in [0.29, 0.717) is 12.0 Å². The summed E-state index contributed by atoms with van der Waals surface area (Å²) in [6.07, 6.45) is 0. The number of piperazine rings is 1. The molecule has 1 aromatic rings.